The van der Waals surface area contributed by atoms with Crippen molar-refractivity contribution in [3.8, 4) is 11.4 Å². The zero-order chi connectivity index (χ0) is 19.9. The van der Waals surface area contributed by atoms with Gasteiger partial charge in [-0.15, -0.1) is 6.58 Å². The van der Waals surface area contributed by atoms with Crippen LogP contribution in [0.3, 0.4) is 0 Å². The Morgan fingerprint density at radius 2 is 1.75 bits per heavy atom. The molecular weight excluding hydrogens is 348 g/mol. The molecule has 0 saturated heterocycles. The van der Waals surface area contributed by atoms with Crippen LogP contribution in [0.5, 0.6) is 0 Å². The standard InChI is InChI=1S/C24H24N2O2/c1-4-15-26-22(17-28-24(27)18(2)3)21(16-19-11-7-5-8-12-19)25-23(26)20-13-9-6-10-14-20/h4-14H,1-2,15-17H2,3H3. The summed E-state index contributed by atoms with van der Waals surface area (Å²) >= 11 is 0. The summed E-state index contributed by atoms with van der Waals surface area (Å²) in [6, 6.07) is 20.1. The Bertz CT molecular complexity index is 973. The lowest BCUT2D eigenvalue weighted by Crippen LogP contribution is -2.11. The molecule has 0 aliphatic rings. The second-order valence-corrected chi connectivity index (χ2v) is 6.61. The van der Waals surface area contributed by atoms with Crippen LogP contribution in [-0.4, -0.2) is 15.5 Å². The molecule has 0 spiro atoms. The van der Waals surface area contributed by atoms with Gasteiger partial charge < -0.3 is 9.30 Å². The van der Waals surface area contributed by atoms with Gasteiger partial charge in [-0.3, -0.25) is 0 Å². The van der Waals surface area contributed by atoms with E-state index in [-0.39, 0.29) is 6.61 Å². The number of ether oxygens (including phenoxy) is 1. The first-order valence-electron chi connectivity index (χ1n) is 9.21. The summed E-state index contributed by atoms with van der Waals surface area (Å²) in [6.07, 6.45) is 2.48. The Labute approximate surface area is 165 Å². The zero-order valence-corrected chi connectivity index (χ0v) is 16.1. The molecule has 3 aromatic rings. The zero-order valence-electron chi connectivity index (χ0n) is 16.1. The van der Waals surface area contributed by atoms with Gasteiger partial charge in [-0.05, 0) is 12.5 Å². The third-order valence-electron chi connectivity index (χ3n) is 4.40. The van der Waals surface area contributed by atoms with E-state index in [1.807, 2.05) is 54.6 Å². The van der Waals surface area contributed by atoms with Crippen molar-refractivity contribution < 1.29 is 9.53 Å². The van der Waals surface area contributed by atoms with Gasteiger partial charge in [0.05, 0.1) is 11.4 Å². The number of carbonyl (C=O) groups excluding carboxylic acids is 1. The second-order valence-electron chi connectivity index (χ2n) is 6.61. The van der Waals surface area contributed by atoms with E-state index in [4.69, 9.17) is 9.72 Å². The van der Waals surface area contributed by atoms with Gasteiger partial charge in [0.1, 0.15) is 12.4 Å². The quantitative estimate of drug-likeness (QED) is 0.319. The predicted molar refractivity (Wildman–Crippen MR) is 112 cm³/mol. The van der Waals surface area contributed by atoms with Crippen molar-refractivity contribution in [1.29, 1.82) is 0 Å². The Balaban J connectivity index is 2.05. The van der Waals surface area contributed by atoms with Crippen molar-refractivity contribution in [2.75, 3.05) is 0 Å². The molecule has 2 aromatic carbocycles. The Kier molecular flexibility index (Phi) is 6.22. The maximum Gasteiger partial charge on any atom is 0.333 e. The average molecular weight is 372 g/mol. The van der Waals surface area contributed by atoms with E-state index in [0.29, 0.717) is 18.5 Å². The number of esters is 1. The van der Waals surface area contributed by atoms with Crippen molar-refractivity contribution in [3.63, 3.8) is 0 Å². The summed E-state index contributed by atoms with van der Waals surface area (Å²) < 4.78 is 7.53. The fraction of sp³-hybridized carbons (Fsp3) is 0.167. The molecule has 0 aliphatic heterocycles. The Morgan fingerprint density at radius 1 is 1.11 bits per heavy atom. The van der Waals surface area contributed by atoms with Gasteiger partial charge in [-0.25, -0.2) is 9.78 Å². The van der Waals surface area contributed by atoms with Crippen LogP contribution in [0.4, 0.5) is 0 Å². The molecule has 4 nitrogen and oxygen atoms in total. The maximum atomic E-state index is 12.0. The summed E-state index contributed by atoms with van der Waals surface area (Å²) in [4.78, 5) is 16.9. The minimum absolute atomic E-state index is 0.140. The molecule has 0 atom stereocenters. The lowest BCUT2D eigenvalue weighted by atomic mass is 10.1. The van der Waals surface area contributed by atoms with Crippen molar-refractivity contribution in [2.45, 2.75) is 26.5 Å². The number of rotatable bonds is 8. The smallest absolute Gasteiger partial charge is 0.333 e. The molecule has 0 N–H and O–H groups in total. The molecule has 0 unspecified atom stereocenters. The molecule has 28 heavy (non-hydrogen) atoms. The molecule has 0 bridgehead atoms. The van der Waals surface area contributed by atoms with Crippen molar-refractivity contribution in [2.24, 2.45) is 0 Å². The fourth-order valence-corrected chi connectivity index (χ4v) is 3.02. The highest BCUT2D eigenvalue weighted by molar-refractivity contribution is 5.86. The number of hydrogen-bond acceptors (Lipinski definition) is 3. The largest absolute Gasteiger partial charge is 0.456 e. The molecule has 0 aliphatic carbocycles. The molecule has 3 rings (SSSR count). The van der Waals surface area contributed by atoms with E-state index < -0.39 is 5.97 Å². The molecule has 0 radical (unpaired) electrons. The second kappa shape index (κ2) is 9.00. The van der Waals surface area contributed by atoms with Crippen LogP contribution < -0.4 is 0 Å². The number of allylic oxidation sites excluding steroid dienone is 1. The SMILES string of the molecule is C=CCn1c(-c2ccccc2)nc(Cc2ccccc2)c1COC(=O)C(=C)C. The van der Waals surface area contributed by atoms with E-state index in [1.165, 1.54) is 0 Å². The maximum absolute atomic E-state index is 12.0. The van der Waals surface area contributed by atoms with E-state index in [1.54, 1.807) is 6.92 Å². The van der Waals surface area contributed by atoms with E-state index in [9.17, 15) is 4.79 Å². The summed E-state index contributed by atoms with van der Waals surface area (Å²) in [7, 11) is 0. The molecule has 0 saturated carbocycles. The molecule has 142 valence electrons. The van der Waals surface area contributed by atoms with Gasteiger partial charge in [0, 0.05) is 24.1 Å². The van der Waals surface area contributed by atoms with Gasteiger partial charge in [-0.1, -0.05) is 73.3 Å². The number of imidazole rings is 1. The highest BCUT2D eigenvalue weighted by Gasteiger charge is 2.19. The monoisotopic (exact) mass is 372 g/mol. The molecule has 0 amide bonds. The first kappa shape index (κ1) is 19.4. The van der Waals surface area contributed by atoms with Crippen molar-refractivity contribution in [3.05, 3.63) is 102 Å². The fourth-order valence-electron chi connectivity index (χ4n) is 3.02. The minimum Gasteiger partial charge on any atom is -0.456 e. The van der Waals surface area contributed by atoms with Gasteiger partial charge >= 0.3 is 5.97 Å². The van der Waals surface area contributed by atoms with Crippen molar-refractivity contribution in [1.82, 2.24) is 9.55 Å². The molecular formula is C24H24N2O2. The van der Waals surface area contributed by atoms with Crippen LogP contribution in [0.15, 0.2) is 85.5 Å². The summed E-state index contributed by atoms with van der Waals surface area (Å²) in [6.45, 7) is 9.89. The van der Waals surface area contributed by atoms with E-state index >= 15 is 0 Å². The van der Waals surface area contributed by atoms with Crippen LogP contribution in [0.25, 0.3) is 11.4 Å². The van der Waals surface area contributed by atoms with E-state index in [2.05, 4.69) is 29.9 Å². The number of aromatic nitrogens is 2. The third-order valence-corrected chi connectivity index (χ3v) is 4.40. The van der Waals surface area contributed by atoms with Crippen molar-refractivity contribution >= 4 is 5.97 Å². The molecule has 1 aromatic heterocycles. The van der Waals surface area contributed by atoms with Gasteiger partial charge in [0.15, 0.2) is 0 Å². The van der Waals surface area contributed by atoms with Crippen LogP contribution in [0, 0.1) is 0 Å². The van der Waals surface area contributed by atoms with Gasteiger partial charge in [-0.2, -0.15) is 0 Å². The Morgan fingerprint density at radius 3 is 2.36 bits per heavy atom. The molecule has 1 heterocycles. The lowest BCUT2D eigenvalue weighted by molar-refractivity contribution is -0.140. The Hall–Kier alpha value is -3.40. The third kappa shape index (κ3) is 4.46. The van der Waals surface area contributed by atoms with E-state index in [0.717, 1.165) is 28.3 Å². The highest BCUT2D eigenvalue weighted by Crippen LogP contribution is 2.25. The summed E-state index contributed by atoms with van der Waals surface area (Å²) in [5, 5.41) is 0. The number of benzene rings is 2. The van der Waals surface area contributed by atoms with Crippen LogP contribution in [-0.2, 0) is 29.1 Å². The average Bonchev–Trinajstić information content (AvgIpc) is 3.05. The number of hydrogen-bond donors (Lipinski definition) is 0. The van der Waals surface area contributed by atoms with Crippen LogP contribution >= 0.6 is 0 Å². The first-order chi connectivity index (χ1) is 13.6. The predicted octanol–water partition coefficient (Wildman–Crippen LogP) is 4.95. The van der Waals surface area contributed by atoms with Gasteiger partial charge in [0.25, 0.3) is 0 Å². The minimum atomic E-state index is -0.404. The highest BCUT2D eigenvalue weighted by atomic mass is 16.5. The van der Waals surface area contributed by atoms with Crippen LogP contribution in [0.2, 0.25) is 0 Å². The molecule has 0 fully saturated rings. The van der Waals surface area contributed by atoms with Gasteiger partial charge in [0.2, 0.25) is 0 Å². The summed E-state index contributed by atoms with van der Waals surface area (Å²) in [5.74, 6) is 0.436. The normalized spacial score (nSPS) is 10.5. The topological polar surface area (TPSA) is 44.1 Å². The number of nitrogens with zero attached hydrogens (tertiary/aromatic N) is 2. The lowest BCUT2D eigenvalue weighted by Gasteiger charge is -2.12. The molecule has 4 heteroatoms. The van der Waals surface area contributed by atoms with Crippen LogP contribution in [0.1, 0.15) is 23.9 Å². The number of carbonyl (C=O) groups is 1. The first-order valence-corrected chi connectivity index (χ1v) is 9.21. The summed E-state index contributed by atoms with van der Waals surface area (Å²) in [5.41, 5.74) is 4.30.